The van der Waals surface area contributed by atoms with E-state index in [1.165, 1.54) is 39.6 Å². The van der Waals surface area contributed by atoms with E-state index in [0.29, 0.717) is 0 Å². The summed E-state index contributed by atoms with van der Waals surface area (Å²) in [5.74, 6) is 0.961. The normalized spacial score (nSPS) is 12.0. The molecule has 1 heterocycles. The predicted molar refractivity (Wildman–Crippen MR) is 103 cm³/mol. The van der Waals surface area contributed by atoms with Gasteiger partial charge in [0.2, 0.25) is 0 Å². The molecule has 0 saturated carbocycles. The van der Waals surface area contributed by atoms with Crippen LogP contribution >= 0.6 is 0 Å². The molecule has 0 aliphatic rings. The molecule has 0 bridgehead atoms. The number of aromatic nitrogens is 1. The average molecular weight is 324 g/mol. The van der Waals surface area contributed by atoms with Crippen LogP contribution < -0.4 is 10.1 Å². The second-order valence-corrected chi connectivity index (χ2v) is 11.4. The first kappa shape index (κ1) is 16.0. The largest absolute Gasteiger partial charge is 0.496 e. The maximum Gasteiger partial charge on any atom is 0.128 e. The summed E-state index contributed by atoms with van der Waals surface area (Å²) in [7, 11) is 0.151. The number of pyridine rings is 1. The third-order valence-corrected chi connectivity index (χ3v) is 10.9. The van der Waals surface area contributed by atoms with E-state index >= 15 is 0 Å². The summed E-state index contributed by atoms with van der Waals surface area (Å²) in [5.41, 5.74) is 1.11. The highest BCUT2D eigenvalue weighted by Gasteiger charge is 2.34. The van der Waals surface area contributed by atoms with Crippen molar-refractivity contribution >= 4 is 35.1 Å². The zero-order chi connectivity index (χ0) is 16.4. The van der Waals surface area contributed by atoms with Gasteiger partial charge in [-0.3, -0.25) is 4.98 Å². The Morgan fingerprint density at radius 2 is 1.52 bits per heavy atom. The van der Waals surface area contributed by atoms with Crippen molar-refractivity contribution < 1.29 is 4.74 Å². The molecular weight excluding hydrogens is 298 g/mol. The number of para-hydroxylation sites is 1. The standard InChI is InChI=1S/C20H25NOSi/c1-5-23(6-2,7-3)20-19-16(12-10-14-18(19)22-4)15-11-8-9-13-17(15)21-20/h8-14H,5-7H2,1-4H3. The summed E-state index contributed by atoms with van der Waals surface area (Å²) in [6.45, 7) is 6.99. The summed E-state index contributed by atoms with van der Waals surface area (Å²) in [6, 6.07) is 18.5. The molecule has 0 saturated heterocycles. The van der Waals surface area contributed by atoms with E-state index in [1.807, 2.05) is 0 Å². The van der Waals surface area contributed by atoms with Gasteiger partial charge in [0, 0.05) is 16.1 Å². The van der Waals surface area contributed by atoms with Crippen LogP contribution in [0.3, 0.4) is 0 Å². The van der Waals surface area contributed by atoms with E-state index in [2.05, 4.69) is 63.2 Å². The topological polar surface area (TPSA) is 22.1 Å². The molecule has 23 heavy (non-hydrogen) atoms. The van der Waals surface area contributed by atoms with Gasteiger partial charge < -0.3 is 4.74 Å². The molecule has 0 fully saturated rings. The smallest absolute Gasteiger partial charge is 0.128 e. The van der Waals surface area contributed by atoms with Crippen molar-refractivity contribution in [3.8, 4) is 5.75 Å². The first-order valence-electron chi connectivity index (χ1n) is 8.56. The highest BCUT2D eigenvalue weighted by Crippen LogP contribution is 2.33. The molecule has 0 atom stereocenters. The molecule has 3 heteroatoms. The number of hydrogen-bond donors (Lipinski definition) is 0. The number of hydrogen-bond acceptors (Lipinski definition) is 2. The quantitative estimate of drug-likeness (QED) is 0.481. The Kier molecular flexibility index (Phi) is 4.40. The second kappa shape index (κ2) is 6.32. The van der Waals surface area contributed by atoms with Crippen molar-refractivity contribution in [1.82, 2.24) is 4.98 Å². The highest BCUT2D eigenvalue weighted by molar-refractivity contribution is 6.92. The Labute approximate surface area is 139 Å². The van der Waals surface area contributed by atoms with Gasteiger partial charge >= 0.3 is 0 Å². The van der Waals surface area contributed by atoms with Crippen LogP contribution in [0, 0.1) is 0 Å². The highest BCUT2D eigenvalue weighted by atomic mass is 28.3. The molecule has 0 unspecified atom stereocenters. The Hall–Kier alpha value is -1.87. The molecule has 2 aromatic carbocycles. The van der Waals surface area contributed by atoms with Gasteiger partial charge in [0.05, 0.1) is 12.6 Å². The molecule has 0 N–H and O–H groups in total. The summed E-state index contributed by atoms with van der Waals surface area (Å²) < 4.78 is 5.73. The maximum atomic E-state index is 5.73. The van der Waals surface area contributed by atoms with E-state index in [0.717, 1.165) is 11.3 Å². The number of benzene rings is 2. The first-order chi connectivity index (χ1) is 11.2. The van der Waals surface area contributed by atoms with E-state index in [1.54, 1.807) is 7.11 Å². The minimum Gasteiger partial charge on any atom is -0.496 e. The van der Waals surface area contributed by atoms with E-state index in [4.69, 9.17) is 9.72 Å². The van der Waals surface area contributed by atoms with Crippen molar-refractivity contribution in [2.24, 2.45) is 0 Å². The molecule has 0 aliphatic carbocycles. The molecule has 1 aromatic heterocycles. The predicted octanol–water partition coefficient (Wildman–Crippen LogP) is 5.11. The summed E-state index contributed by atoms with van der Waals surface area (Å²) in [4.78, 5) is 5.18. The fourth-order valence-electron chi connectivity index (χ4n) is 3.78. The molecule has 3 rings (SSSR count). The van der Waals surface area contributed by atoms with Gasteiger partial charge in [-0.15, -0.1) is 0 Å². The van der Waals surface area contributed by atoms with Crippen LogP contribution in [-0.2, 0) is 0 Å². The van der Waals surface area contributed by atoms with Gasteiger partial charge in [-0.05, 0) is 17.5 Å². The van der Waals surface area contributed by atoms with Crippen LogP contribution in [0.5, 0.6) is 5.75 Å². The maximum absolute atomic E-state index is 5.73. The van der Waals surface area contributed by atoms with Crippen LogP contribution in [0.25, 0.3) is 21.7 Å². The lowest BCUT2D eigenvalue weighted by molar-refractivity contribution is 0.420. The Bertz CT molecular complexity index is 831. The summed E-state index contributed by atoms with van der Waals surface area (Å²) >= 11 is 0. The van der Waals surface area contributed by atoms with Gasteiger partial charge in [0.1, 0.15) is 13.8 Å². The zero-order valence-corrected chi connectivity index (χ0v) is 15.5. The minimum absolute atomic E-state index is 0.961. The van der Waals surface area contributed by atoms with Gasteiger partial charge in [0.15, 0.2) is 0 Å². The van der Waals surface area contributed by atoms with Gasteiger partial charge in [-0.1, -0.05) is 69.2 Å². The Morgan fingerprint density at radius 1 is 0.870 bits per heavy atom. The molecule has 0 aliphatic heterocycles. The van der Waals surface area contributed by atoms with Crippen molar-refractivity contribution in [1.29, 1.82) is 0 Å². The lowest BCUT2D eigenvalue weighted by Gasteiger charge is -2.29. The molecule has 0 amide bonds. The van der Waals surface area contributed by atoms with Crippen LogP contribution in [0.2, 0.25) is 18.1 Å². The van der Waals surface area contributed by atoms with Crippen LogP contribution in [0.1, 0.15) is 20.8 Å². The van der Waals surface area contributed by atoms with Crippen molar-refractivity contribution in [2.75, 3.05) is 7.11 Å². The second-order valence-electron chi connectivity index (χ2n) is 6.20. The van der Waals surface area contributed by atoms with Crippen LogP contribution in [0.15, 0.2) is 42.5 Å². The fraction of sp³-hybridized carbons (Fsp3) is 0.350. The lowest BCUT2D eigenvalue weighted by atomic mass is 10.1. The van der Waals surface area contributed by atoms with Crippen LogP contribution in [0.4, 0.5) is 0 Å². The third-order valence-electron chi connectivity index (χ3n) is 5.44. The van der Waals surface area contributed by atoms with Crippen molar-refractivity contribution in [3.05, 3.63) is 42.5 Å². The first-order valence-corrected chi connectivity index (χ1v) is 11.2. The molecule has 2 nitrogen and oxygen atoms in total. The van der Waals surface area contributed by atoms with E-state index in [-0.39, 0.29) is 0 Å². The average Bonchev–Trinajstić information content (AvgIpc) is 2.63. The fourth-order valence-corrected chi connectivity index (χ4v) is 7.43. The number of methoxy groups -OCH3 is 1. The van der Waals surface area contributed by atoms with Gasteiger partial charge in [-0.25, -0.2) is 0 Å². The number of ether oxygens (including phenoxy) is 1. The monoisotopic (exact) mass is 323 g/mol. The molecule has 0 radical (unpaired) electrons. The Morgan fingerprint density at radius 3 is 2.17 bits per heavy atom. The SMILES string of the molecule is CC[Si](CC)(CC)c1nc2ccccc2c2cccc(OC)c12. The lowest BCUT2D eigenvalue weighted by Crippen LogP contribution is -2.48. The zero-order valence-electron chi connectivity index (χ0n) is 14.5. The van der Waals surface area contributed by atoms with Gasteiger partial charge in [-0.2, -0.15) is 0 Å². The summed E-state index contributed by atoms with van der Waals surface area (Å²) in [5, 5.41) is 5.07. The number of fused-ring (bicyclic) bond motifs is 3. The molecule has 120 valence electrons. The van der Waals surface area contributed by atoms with Crippen molar-refractivity contribution in [3.63, 3.8) is 0 Å². The van der Waals surface area contributed by atoms with E-state index < -0.39 is 8.07 Å². The molecule has 0 spiro atoms. The minimum atomic E-state index is -1.61. The molecule has 3 aromatic rings. The number of rotatable bonds is 5. The van der Waals surface area contributed by atoms with Gasteiger partial charge in [0.25, 0.3) is 0 Å². The van der Waals surface area contributed by atoms with E-state index in [9.17, 15) is 0 Å². The third kappa shape index (κ3) is 2.43. The van der Waals surface area contributed by atoms with Crippen LogP contribution in [-0.4, -0.2) is 20.2 Å². The Balaban J connectivity index is 2.52. The van der Waals surface area contributed by atoms with Crippen molar-refractivity contribution in [2.45, 2.75) is 38.9 Å². The molecular formula is C20H25NOSi. The number of nitrogens with zero attached hydrogens (tertiary/aromatic N) is 1. The summed E-state index contributed by atoms with van der Waals surface area (Å²) in [6.07, 6.45) is 0.